The largest absolute Gasteiger partial charge is 0.451 e. The molecule has 1 aliphatic heterocycles. The second-order valence-electron chi connectivity index (χ2n) is 6.91. The molecule has 0 saturated carbocycles. The molecule has 0 unspecified atom stereocenters. The van der Waals surface area contributed by atoms with Gasteiger partial charge in [0.05, 0.1) is 11.1 Å². The number of ether oxygens (including phenoxy) is 1. The van der Waals surface area contributed by atoms with Crippen molar-refractivity contribution in [2.24, 2.45) is 0 Å². The van der Waals surface area contributed by atoms with Crippen molar-refractivity contribution < 1.29 is 28.7 Å². The smallest absolute Gasteiger partial charge is 0.329 e. The highest BCUT2D eigenvalue weighted by atomic mass is 16.5. The minimum absolute atomic E-state index is 0.152. The molecule has 1 heterocycles. The summed E-state index contributed by atoms with van der Waals surface area (Å²) in [7, 11) is 0. The second-order valence-corrected chi connectivity index (χ2v) is 6.91. The first-order valence-electron chi connectivity index (χ1n) is 9.30. The predicted octanol–water partition coefficient (Wildman–Crippen LogP) is 2.44. The Balaban J connectivity index is 1.65. The summed E-state index contributed by atoms with van der Waals surface area (Å²) in [6, 6.07) is 11.4. The summed E-state index contributed by atoms with van der Waals surface area (Å²) >= 11 is 0. The molecule has 2 aromatic carbocycles. The molecule has 0 aliphatic carbocycles. The summed E-state index contributed by atoms with van der Waals surface area (Å²) in [5.74, 6) is -2.82. The highest BCUT2D eigenvalue weighted by Gasteiger charge is 2.41. The number of hydrogen-bond donors (Lipinski definition) is 1. The molecule has 1 N–H and O–H groups in total. The highest BCUT2D eigenvalue weighted by molar-refractivity contribution is 6.22. The second kappa shape index (κ2) is 8.28. The van der Waals surface area contributed by atoms with E-state index in [-0.39, 0.29) is 16.9 Å². The van der Waals surface area contributed by atoms with Gasteiger partial charge in [-0.15, -0.1) is 0 Å². The number of esters is 1. The molecule has 0 radical (unpaired) electrons. The quantitative estimate of drug-likeness (QED) is 0.447. The third-order valence-electron chi connectivity index (χ3n) is 4.75. The number of benzene rings is 2. The van der Waals surface area contributed by atoms with Crippen molar-refractivity contribution in [3.63, 3.8) is 0 Å². The van der Waals surface area contributed by atoms with E-state index in [1.54, 1.807) is 30.3 Å². The van der Waals surface area contributed by atoms with Gasteiger partial charge in [-0.05, 0) is 45.0 Å². The number of Topliss-reactive ketones (excluding diaryl/α,β-unsaturated/α-hetero) is 1. The number of nitrogens with one attached hydrogen (secondary N) is 1. The molecular formula is C22H20N2O6. The molecule has 0 spiro atoms. The van der Waals surface area contributed by atoms with Crippen molar-refractivity contribution in [2.45, 2.75) is 32.9 Å². The van der Waals surface area contributed by atoms with Crippen molar-refractivity contribution in [3.8, 4) is 0 Å². The molecule has 8 nitrogen and oxygen atoms in total. The third-order valence-corrected chi connectivity index (χ3v) is 4.75. The molecule has 3 amide bonds. The molecule has 154 valence electrons. The number of anilines is 1. The van der Waals surface area contributed by atoms with Crippen molar-refractivity contribution in [1.29, 1.82) is 0 Å². The first kappa shape index (κ1) is 20.9. The van der Waals surface area contributed by atoms with Crippen molar-refractivity contribution in [1.82, 2.24) is 4.90 Å². The maximum absolute atomic E-state index is 12.5. The molecule has 0 saturated heterocycles. The van der Waals surface area contributed by atoms with E-state index in [0.717, 1.165) is 4.90 Å². The molecule has 3 rings (SSSR count). The Hall–Kier alpha value is -3.81. The molecule has 30 heavy (non-hydrogen) atoms. The third kappa shape index (κ3) is 3.98. The molecule has 0 fully saturated rings. The van der Waals surface area contributed by atoms with Crippen LogP contribution in [0.4, 0.5) is 5.69 Å². The lowest BCUT2D eigenvalue weighted by atomic mass is 10.1. The number of hydrogen-bond acceptors (Lipinski definition) is 6. The fraction of sp³-hybridized carbons (Fsp3) is 0.227. The molecule has 1 aliphatic rings. The standard InChI is InChI=1S/C22H20N2O6/c1-12(24-20(27)17-9-4-5-10-18(17)21(24)28)22(29)30-14(3)19(26)23-16-8-6-7-15(11-16)13(2)25/h4-12,14H,1-3H3,(H,23,26)/t12-,14-/m1/s1. The molecule has 0 aromatic heterocycles. The van der Waals surface area contributed by atoms with Crippen molar-refractivity contribution >= 4 is 35.2 Å². The van der Waals surface area contributed by atoms with Crippen LogP contribution in [-0.2, 0) is 14.3 Å². The normalized spacial score (nSPS) is 14.7. The fourth-order valence-corrected chi connectivity index (χ4v) is 3.05. The number of amides is 3. The lowest BCUT2D eigenvalue weighted by Crippen LogP contribution is -2.45. The van der Waals surface area contributed by atoms with Crippen LogP contribution in [0.15, 0.2) is 48.5 Å². The molecular weight excluding hydrogens is 388 g/mol. The predicted molar refractivity (Wildman–Crippen MR) is 107 cm³/mol. The number of ketones is 1. The number of imide groups is 1. The van der Waals surface area contributed by atoms with E-state index in [1.807, 2.05) is 0 Å². The Bertz CT molecular complexity index is 1030. The number of rotatable bonds is 6. The van der Waals surface area contributed by atoms with Crippen molar-refractivity contribution in [2.75, 3.05) is 5.32 Å². The number of nitrogens with zero attached hydrogens (tertiary/aromatic N) is 1. The van der Waals surface area contributed by atoms with Crippen LogP contribution in [0.5, 0.6) is 0 Å². The Morgan fingerprint density at radius 2 is 1.53 bits per heavy atom. The van der Waals surface area contributed by atoms with Crippen LogP contribution >= 0.6 is 0 Å². The van der Waals surface area contributed by atoms with Crippen LogP contribution in [0.3, 0.4) is 0 Å². The minimum atomic E-state index is -1.20. The van der Waals surface area contributed by atoms with E-state index in [9.17, 15) is 24.0 Å². The summed E-state index contributed by atoms with van der Waals surface area (Å²) in [4.78, 5) is 62.1. The maximum atomic E-state index is 12.5. The average Bonchev–Trinajstić information content (AvgIpc) is 2.98. The summed E-state index contributed by atoms with van der Waals surface area (Å²) < 4.78 is 5.17. The number of carbonyl (C=O) groups excluding carboxylic acids is 5. The van der Waals surface area contributed by atoms with Gasteiger partial charge in [0.25, 0.3) is 17.7 Å². The van der Waals surface area contributed by atoms with Gasteiger partial charge < -0.3 is 10.1 Å². The molecule has 8 heteroatoms. The number of carbonyl (C=O) groups is 5. The van der Waals surface area contributed by atoms with E-state index in [2.05, 4.69) is 5.32 Å². The van der Waals surface area contributed by atoms with E-state index in [4.69, 9.17) is 4.74 Å². The molecule has 2 aromatic rings. The van der Waals surface area contributed by atoms with Crippen LogP contribution in [0.1, 0.15) is 51.8 Å². The maximum Gasteiger partial charge on any atom is 0.329 e. The zero-order valence-electron chi connectivity index (χ0n) is 16.7. The lowest BCUT2D eigenvalue weighted by Gasteiger charge is -2.22. The summed E-state index contributed by atoms with van der Waals surface area (Å²) in [6.07, 6.45) is -1.18. The van der Waals surface area contributed by atoms with Gasteiger partial charge in [0, 0.05) is 11.3 Å². The summed E-state index contributed by atoms with van der Waals surface area (Å²) in [5, 5.41) is 2.57. The van der Waals surface area contributed by atoms with E-state index in [0.29, 0.717) is 11.3 Å². The Morgan fingerprint density at radius 1 is 0.933 bits per heavy atom. The van der Waals surface area contributed by atoms with Gasteiger partial charge in [-0.25, -0.2) is 4.79 Å². The van der Waals surface area contributed by atoms with Gasteiger partial charge in [-0.1, -0.05) is 24.3 Å². The Kier molecular flexibility index (Phi) is 5.77. The summed E-state index contributed by atoms with van der Waals surface area (Å²) in [6.45, 7) is 4.15. The zero-order valence-corrected chi connectivity index (χ0v) is 16.7. The van der Waals surface area contributed by atoms with Crippen LogP contribution < -0.4 is 5.32 Å². The summed E-state index contributed by atoms with van der Waals surface area (Å²) in [5.41, 5.74) is 1.25. The van der Waals surface area contributed by atoms with E-state index < -0.39 is 35.8 Å². The van der Waals surface area contributed by atoms with Crippen LogP contribution in [0.25, 0.3) is 0 Å². The highest BCUT2D eigenvalue weighted by Crippen LogP contribution is 2.25. The zero-order chi connectivity index (χ0) is 22.0. The van der Waals surface area contributed by atoms with Gasteiger partial charge in [-0.3, -0.25) is 24.1 Å². The van der Waals surface area contributed by atoms with E-state index in [1.165, 1.54) is 39.0 Å². The van der Waals surface area contributed by atoms with Crippen molar-refractivity contribution in [3.05, 3.63) is 65.2 Å². The van der Waals surface area contributed by atoms with Gasteiger partial charge in [-0.2, -0.15) is 0 Å². The van der Waals surface area contributed by atoms with Crippen LogP contribution in [0.2, 0.25) is 0 Å². The first-order chi connectivity index (χ1) is 14.2. The SMILES string of the molecule is CC(=O)c1cccc(NC(=O)[C@@H](C)OC(=O)[C@@H](C)N2C(=O)c3ccccc3C2=O)c1. The van der Waals surface area contributed by atoms with Gasteiger partial charge in [0.1, 0.15) is 6.04 Å². The molecule has 0 bridgehead atoms. The van der Waals surface area contributed by atoms with Gasteiger partial charge >= 0.3 is 5.97 Å². The van der Waals surface area contributed by atoms with Gasteiger partial charge in [0.15, 0.2) is 11.9 Å². The Labute approximate surface area is 172 Å². The van der Waals surface area contributed by atoms with Crippen LogP contribution in [-0.4, -0.2) is 46.5 Å². The number of fused-ring (bicyclic) bond motifs is 1. The minimum Gasteiger partial charge on any atom is -0.451 e. The van der Waals surface area contributed by atoms with Crippen LogP contribution in [0, 0.1) is 0 Å². The average molecular weight is 408 g/mol. The molecule has 2 atom stereocenters. The van der Waals surface area contributed by atoms with E-state index >= 15 is 0 Å². The Morgan fingerprint density at radius 3 is 2.10 bits per heavy atom. The first-order valence-corrected chi connectivity index (χ1v) is 9.30. The van der Waals surface area contributed by atoms with Gasteiger partial charge in [0.2, 0.25) is 0 Å². The fourth-order valence-electron chi connectivity index (χ4n) is 3.05. The lowest BCUT2D eigenvalue weighted by molar-refractivity contribution is -0.156. The monoisotopic (exact) mass is 408 g/mol. The topological polar surface area (TPSA) is 110 Å².